The van der Waals surface area contributed by atoms with Crippen LogP contribution < -0.4 is 0 Å². The van der Waals surface area contributed by atoms with Gasteiger partial charge in [-0.05, 0) is 67.5 Å². The van der Waals surface area contributed by atoms with E-state index in [9.17, 15) is 4.79 Å². The van der Waals surface area contributed by atoms with E-state index in [0.717, 1.165) is 18.4 Å². The molecule has 0 spiro atoms. The molecular formula is C21H23NO2. The van der Waals surface area contributed by atoms with E-state index in [-0.39, 0.29) is 5.97 Å². The van der Waals surface area contributed by atoms with Crippen molar-refractivity contribution < 1.29 is 9.63 Å². The highest BCUT2D eigenvalue weighted by atomic mass is 16.7. The van der Waals surface area contributed by atoms with Gasteiger partial charge in [0.25, 0.3) is 0 Å². The predicted octanol–water partition coefficient (Wildman–Crippen LogP) is 4.96. The van der Waals surface area contributed by atoms with Gasteiger partial charge >= 0.3 is 5.97 Å². The minimum Gasteiger partial charge on any atom is -0.317 e. The number of hydrogen-bond donors (Lipinski definition) is 0. The number of oxime groups is 1. The largest absolute Gasteiger partial charge is 0.340 e. The quantitative estimate of drug-likeness (QED) is 0.387. The molecule has 0 aromatic heterocycles. The smallest absolute Gasteiger partial charge is 0.317 e. The van der Waals surface area contributed by atoms with Crippen molar-refractivity contribution in [2.24, 2.45) is 10.6 Å². The van der Waals surface area contributed by atoms with Crippen LogP contribution in [0, 0.1) is 5.41 Å². The summed E-state index contributed by atoms with van der Waals surface area (Å²) in [4.78, 5) is 17.2. The lowest BCUT2D eigenvalue weighted by molar-refractivity contribution is -0.154. The van der Waals surface area contributed by atoms with Crippen molar-refractivity contribution in [2.75, 3.05) is 0 Å². The molecule has 3 nitrogen and oxygen atoms in total. The van der Waals surface area contributed by atoms with Crippen LogP contribution in [-0.4, -0.2) is 11.7 Å². The maximum atomic E-state index is 12.1. The number of carbonyl (C=O) groups is 1. The minimum absolute atomic E-state index is 0.296. The molecule has 0 radical (unpaired) electrons. The first-order valence-electron chi connectivity index (χ1n) is 8.40. The normalized spacial score (nSPS) is 13.4. The van der Waals surface area contributed by atoms with Crippen molar-refractivity contribution >= 4 is 11.7 Å². The van der Waals surface area contributed by atoms with Crippen LogP contribution in [0.3, 0.4) is 0 Å². The van der Waals surface area contributed by atoms with Crippen molar-refractivity contribution in [1.82, 2.24) is 0 Å². The third-order valence-corrected chi connectivity index (χ3v) is 4.92. The van der Waals surface area contributed by atoms with Crippen LogP contribution in [0.1, 0.15) is 50.8 Å². The Hall–Kier alpha value is -2.42. The second-order valence-corrected chi connectivity index (χ2v) is 7.00. The lowest BCUT2D eigenvalue weighted by Gasteiger charge is -2.17. The van der Waals surface area contributed by atoms with E-state index in [4.69, 9.17) is 4.84 Å². The molecule has 0 aliphatic heterocycles. The Bertz CT molecular complexity index is 818. The molecule has 2 aromatic rings. The second kappa shape index (κ2) is 6.23. The fraction of sp³-hybridized carbons (Fsp3) is 0.333. The zero-order valence-electron chi connectivity index (χ0n) is 14.7. The molecule has 0 saturated carbocycles. The van der Waals surface area contributed by atoms with Gasteiger partial charge in [-0.1, -0.05) is 48.5 Å². The number of hydrogen-bond acceptors (Lipinski definition) is 3. The molecule has 0 bridgehead atoms. The van der Waals surface area contributed by atoms with E-state index in [2.05, 4.69) is 41.6 Å². The number of fused-ring (bicyclic) bond motifs is 3. The SMILES string of the molecule is CCC(C)(C)C(=O)O/N=C(\C)c1ccc2c(c1)-c1ccccc1C2. The predicted molar refractivity (Wildman–Crippen MR) is 97.1 cm³/mol. The zero-order chi connectivity index (χ0) is 17.3. The van der Waals surface area contributed by atoms with Gasteiger partial charge in [0.2, 0.25) is 0 Å². The number of carbonyl (C=O) groups excluding carboxylic acids is 1. The zero-order valence-corrected chi connectivity index (χ0v) is 14.7. The fourth-order valence-corrected chi connectivity index (χ4v) is 2.78. The molecule has 0 saturated heterocycles. The maximum absolute atomic E-state index is 12.1. The second-order valence-electron chi connectivity index (χ2n) is 7.00. The highest BCUT2D eigenvalue weighted by molar-refractivity contribution is 6.00. The third kappa shape index (κ3) is 2.99. The summed E-state index contributed by atoms with van der Waals surface area (Å²) in [5.74, 6) is -0.296. The molecule has 0 unspecified atom stereocenters. The highest BCUT2D eigenvalue weighted by Crippen LogP contribution is 2.36. The van der Waals surface area contributed by atoms with Crippen LogP contribution in [0.5, 0.6) is 0 Å². The Kier molecular flexibility index (Phi) is 4.27. The van der Waals surface area contributed by atoms with Crippen LogP contribution in [0.4, 0.5) is 0 Å². The monoisotopic (exact) mass is 321 g/mol. The first-order valence-corrected chi connectivity index (χ1v) is 8.40. The fourth-order valence-electron chi connectivity index (χ4n) is 2.78. The molecule has 24 heavy (non-hydrogen) atoms. The summed E-state index contributed by atoms with van der Waals surface area (Å²) in [6.07, 6.45) is 1.69. The molecule has 0 atom stereocenters. The number of nitrogens with zero attached hydrogens (tertiary/aromatic N) is 1. The average molecular weight is 321 g/mol. The molecule has 124 valence electrons. The van der Waals surface area contributed by atoms with Gasteiger partial charge < -0.3 is 4.84 Å². The maximum Gasteiger partial charge on any atom is 0.340 e. The summed E-state index contributed by atoms with van der Waals surface area (Å²) in [5, 5.41) is 4.06. The number of benzene rings is 2. The van der Waals surface area contributed by atoms with Gasteiger partial charge in [-0.3, -0.25) is 0 Å². The van der Waals surface area contributed by atoms with Crippen molar-refractivity contribution in [2.45, 2.75) is 40.5 Å². The van der Waals surface area contributed by atoms with Gasteiger partial charge in [-0.25, -0.2) is 4.79 Å². The molecule has 0 heterocycles. The van der Waals surface area contributed by atoms with Gasteiger partial charge in [-0.15, -0.1) is 0 Å². The third-order valence-electron chi connectivity index (χ3n) is 4.92. The lowest BCUT2D eigenvalue weighted by Crippen LogP contribution is -2.24. The van der Waals surface area contributed by atoms with Crippen LogP contribution in [-0.2, 0) is 16.1 Å². The van der Waals surface area contributed by atoms with Crippen LogP contribution >= 0.6 is 0 Å². The van der Waals surface area contributed by atoms with Gasteiger partial charge in [-0.2, -0.15) is 0 Å². The first kappa shape index (κ1) is 16.4. The Balaban J connectivity index is 1.85. The highest BCUT2D eigenvalue weighted by Gasteiger charge is 2.27. The Morgan fingerprint density at radius 1 is 1.12 bits per heavy atom. The molecule has 2 aromatic carbocycles. The van der Waals surface area contributed by atoms with Crippen LogP contribution in [0.25, 0.3) is 11.1 Å². The summed E-state index contributed by atoms with van der Waals surface area (Å²) < 4.78 is 0. The van der Waals surface area contributed by atoms with Crippen molar-refractivity contribution in [1.29, 1.82) is 0 Å². The Labute approximate surface area is 143 Å². The summed E-state index contributed by atoms with van der Waals surface area (Å²) in [6.45, 7) is 7.57. The standard InChI is InChI=1S/C21H23NO2/c1-5-21(3,4)20(23)24-22-14(2)15-10-11-17-12-16-8-6-7-9-18(16)19(17)13-15/h6-11,13H,5,12H2,1-4H3/b22-14+. The topological polar surface area (TPSA) is 38.7 Å². The molecular weight excluding hydrogens is 298 g/mol. The first-order chi connectivity index (χ1) is 11.4. The lowest BCUT2D eigenvalue weighted by atomic mass is 9.91. The molecule has 3 heteroatoms. The van der Waals surface area contributed by atoms with Crippen molar-refractivity contribution in [3.05, 3.63) is 59.2 Å². The summed E-state index contributed by atoms with van der Waals surface area (Å²) in [6, 6.07) is 14.8. The average Bonchev–Trinajstić information content (AvgIpc) is 2.97. The summed E-state index contributed by atoms with van der Waals surface area (Å²) >= 11 is 0. The van der Waals surface area contributed by atoms with E-state index < -0.39 is 5.41 Å². The van der Waals surface area contributed by atoms with E-state index >= 15 is 0 Å². The van der Waals surface area contributed by atoms with Crippen LogP contribution in [0.15, 0.2) is 47.6 Å². The molecule has 1 aliphatic carbocycles. The molecule has 0 amide bonds. The molecule has 0 fully saturated rings. The van der Waals surface area contributed by atoms with Gasteiger partial charge in [0.1, 0.15) is 0 Å². The molecule has 1 aliphatic rings. The summed E-state index contributed by atoms with van der Waals surface area (Å²) in [5.41, 5.74) is 6.40. The Morgan fingerprint density at radius 2 is 1.83 bits per heavy atom. The van der Waals surface area contributed by atoms with E-state index in [1.54, 1.807) is 0 Å². The van der Waals surface area contributed by atoms with Crippen molar-refractivity contribution in [3.63, 3.8) is 0 Å². The minimum atomic E-state index is -0.513. The number of rotatable bonds is 4. The van der Waals surface area contributed by atoms with Gasteiger partial charge in [0.05, 0.1) is 11.1 Å². The van der Waals surface area contributed by atoms with E-state index in [1.165, 1.54) is 22.3 Å². The molecule has 3 rings (SSSR count). The van der Waals surface area contributed by atoms with Crippen LogP contribution in [0.2, 0.25) is 0 Å². The Morgan fingerprint density at radius 3 is 2.58 bits per heavy atom. The van der Waals surface area contributed by atoms with Crippen molar-refractivity contribution in [3.8, 4) is 11.1 Å². The van der Waals surface area contributed by atoms with Gasteiger partial charge in [0, 0.05) is 0 Å². The van der Waals surface area contributed by atoms with E-state index in [1.807, 2.05) is 33.8 Å². The van der Waals surface area contributed by atoms with E-state index in [0.29, 0.717) is 5.71 Å². The summed E-state index contributed by atoms with van der Waals surface area (Å²) in [7, 11) is 0. The molecule has 0 N–H and O–H groups in total. The van der Waals surface area contributed by atoms with Gasteiger partial charge in [0.15, 0.2) is 0 Å².